The van der Waals surface area contributed by atoms with Gasteiger partial charge in [0.1, 0.15) is 5.75 Å². The molecule has 0 saturated carbocycles. The molecule has 0 aliphatic heterocycles. The summed E-state index contributed by atoms with van der Waals surface area (Å²) in [7, 11) is 0. The van der Waals surface area contributed by atoms with E-state index in [-0.39, 0.29) is 0 Å². The first-order valence-corrected chi connectivity index (χ1v) is 8.21. The van der Waals surface area contributed by atoms with Crippen LogP contribution in [0, 0.1) is 13.8 Å². The van der Waals surface area contributed by atoms with Crippen LogP contribution in [0.4, 0.5) is 0 Å². The van der Waals surface area contributed by atoms with Crippen LogP contribution in [-0.4, -0.2) is 11.6 Å². The zero-order valence-electron chi connectivity index (χ0n) is 13.3. The Morgan fingerprint density at radius 1 is 1.19 bits per heavy atom. The van der Waals surface area contributed by atoms with E-state index in [1.54, 1.807) is 11.3 Å². The van der Waals surface area contributed by atoms with Crippen LogP contribution in [-0.2, 0) is 13.0 Å². The summed E-state index contributed by atoms with van der Waals surface area (Å²) in [5.41, 5.74) is 9.39. The van der Waals surface area contributed by atoms with Crippen LogP contribution < -0.4 is 10.5 Å². The SMILES string of the molecule is Cc1cc(C)cc(OCCc2nc(C(C)C)c(CN)s2)c1. The Hall–Kier alpha value is -1.39. The summed E-state index contributed by atoms with van der Waals surface area (Å²) in [5.74, 6) is 1.36. The Kier molecular flexibility index (Phi) is 5.37. The minimum atomic E-state index is 0.425. The summed E-state index contributed by atoms with van der Waals surface area (Å²) in [6.07, 6.45) is 0.831. The number of thiazole rings is 1. The number of hydrogen-bond donors (Lipinski definition) is 1. The van der Waals surface area contributed by atoms with Crippen molar-refractivity contribution in [2.45, 2.75) is 46.6 Å². The lowest BCUT2D eigenvalue weighted by Crippen LogP contribution is -2.02. The largest absolute Gasteiger partial charge is 0.493 e. The fourth-order valence-corrected chi connectivity index (χ4v) is 3.47. The van der Waals surface area contributed by atoms with Crippen molar-refractivity contribution in [3.05, 3.63) is 44.9 Å². The molecule has 0 unspecified atom stereocenters. The van der Waals surface area contributed by atoms with Gasteiger partial charge in [-0.25, -0.2) is 4.98 Å². The van der Waals surface area contributed by atoms with E-state index in [0.29, 0.717) is 19.1 Å². The van der Waals surface area contributed by atoms with Gasteiger partial charge in [-0.3, -0.25) is 0 Å². The Bertz CT molecular complexity index is 585. The zero-order valence-corrected chi connectivity index (χ0v) is 14.1. The third kappa shape index (κ3) is 4.29. The van der Waals surface area contributed by atoms with Gasteiger partial charge in [-0.2, -0.15) is 0 Å². The maximum Gasteiger partial charge on any atom is 0.119 e. The molecule has 0 radical (unpaired) electrons. The maximum atomic E-state index is 5.85. The monoisotopic (exact) mass is 304 g/mol. The molecule has 0 spiro atoms. The molecule has 114 valence electrons. The molecule has 0 amide bonds. The molecule has 0 fully saturated rings. The quantitative estimate of drug-likeness (QED) is 0.878. The van der Waals surface area contributed by atoms with Crippen molar-refractivity contribution in [2.75, 3.05) is 6.61 Å². The number of aromatic nitrogens is 1. The van der Waals surface area contributed by atoms with E-state index in [4.69, 9.17) is 15.5 Å². The van der Waals surface area contributed by atoms with Gasteiger partial charge in [-0.05, 0) is 43.0 Å². The van der Waals surface area contributed by atoms with Crippen LogP contribution in [0.3, 0.4) is 0 Å². The number of rotatable bonds is 6. The molecule has 0 aliphatic rings. The first-order valence-electron chi connectivity index (χ1n) is 7.39. The highest BCUT2D eigenvalue weighted by atomic mass is 32.1. The molecule has 2 aromatic rings. The number of nitrogens with two attached hydrogens (primary N) is 1. The highest BCUT2D eigenvalue weighted by Gasteiger charge is 2.13. The van der Waals surface area contributed by atoms with E-state index < -0.39 is 0 Å². The minimum absolute atomic E-state index is 0.425. The molecule has 0 bridgehead atoms. The van der Waals surface area contributed by atoms with E-state index in [1.807, 2.05) is 0 Å². The molecule has 1 heterocycles. The predicted octanol–water partition coefficient (Wildman–Crippen LogP) is 3.96. The topological polar surface area (TPSA) is 48.1 Å². The lowest BCUT2D eigenvalue weighted by molar-refractivity contribution is 0.321. The van der Waals surface area contributed by atoms with E-state index in [9.17, 15) is 0 Å². The molecule has 4 heteroatoms. The fraction of sp³-hybridized carbons (Fsp3) is 0.471. The van der Waals surface area contributed by atoms with E-state index in [2.05, 4.69) is 45.9 Å². The van der Waals surface area contributed by atoms with E-state index in [0.717, 1.165) is 22.9 Å². The zero-order chi connectivity index (χ0) is 15.4. The Labute approximate surface area is 131 Å². The summed E-state index contributed by atoms with van der Waals surface area (Å²) in [6.45, 7) is 9.71. The van der Waals surface area contributed by atoms with Crippen LogP contribution in [0.5, 0.6) is 5.75 Å². The number of ether oxygens (including phenoxy) is 1. The first-order chi connectivity index (χ1) is 9.99. The molecule has 0 aliphatic carbocycles. The molecule has 2 rings (SSSR count). The highest BCUT2D eigenvalue weighted by molar-refractivity contribution is 7.11. The average molecular weight is 304 g/mol. The molecule has 0 atom stereocenters. The summed E-state index contributed by atoms with van der Waals surface area (Å²) in [6, 6.07) is 6.29. The number of nitrogens with zero attached hydrogens (tertiary/aromatic N) is 1. The Balaban J connectivity index is 1.97. The van der Waals surface area contributed by atoms with Gasteiger partial charge in [0.05, 0.1) is 17.3 Å². The van der Waals surface area contributed by atoms with Crippen molar-refractivity contribution >= 4 is 11.3 Å². The summed E-state index contributed by atoms with van der Waals surface area (Å²) >= 11 is 1.71. The van der Waals surface area contributed by atoms with Crippen molar-refractivity contribution < 1.29 is 4.74 Å². The van der Waals surface area contributed by atoms with Gasteiger partial charge in [0.15, 0.2) is 0 Å². The van der Waals surface area contributed by atoms with Gasteiger partial charge in [-0.15, -0.1) is 11.3 Å². The Morgan fingerprint density at radius 3 is 2.38 bits per heavy atom. The number of aryl methyl sites for hydroxylation is 2. The molecule has 1 aromatic heterocycles. The molecule has 1 aromatic carbocycles. The second-order valence-electron chi connectivity index (χ2n) is 5.70. The molecule has 3 nitrogen and oxygen atoms in total. The van der Waals surface area contributed by atoms with E-state index >= 15 is 0 Å². The fourth-order valence-electron chi connectivity index (χ4n) is 2.39. The third-order valence-electron chi connectivity index (χ3n) is 3.28. The second kappa shape index (κ2) is 7.05. The van der Waals surface area contributed by atoms with Crippen LogP contribution in [0.25, 0.3) is 0 Å². The number of benzene rings is 1. The second-order valence-corrected chi connectivity index (χ2v) is 6.86. The van der Waals surface area contributed by atoms with Crippen molar-refractivity contribution in [1.29, 1.82) is 0 Å². The highest BCUT2D eigenvalue weighted by Crippen LogP contribution is 2.25. The molecule has 2 N–H and O–H groups in total. The van der Waals surface area contributed by atoms with Crippen LogP contribution in [0.1, 0.15) is 46.5 Å². The van der Waals surface area contributed by atoms with Crippen LogP contribution in [0.2, 0.25) is 0 Å². The minimum Gasteiger partial charge on any atom is -0.493 e. The standard InChI is InChI=1S/C17H24N2OS/c1-11(2)17-15(10-18)21-16(19-17)5-6-20-14-8-12(3)7-13(4)9-14/h7-9,11H,5-6,10,18H2,1-4H3. The van der Waals surface area contributed by atoms with Gasteiger partial charge in [0.25, 0.3) is 0 Å². The summed E-state index contributed by atoms with van der Waals surface area (Å²) < 4.78 is 5.85. The Morgan fingerprint density at radius 2 is 1.86 bits per heavy atom. The third-order valence-corrected chi connectivity index (χ3v) is 4.44. The van der Waals surface area contributed by atoms with E-state index in [1.165, 1.54) is 16.0 Å². The van der Waals surface area contributed by atoms with Crippen molar-refractivity contribution in [1.82, 2.24) is 4.98 Å². The maximum absolute atomic E-state index is 5.85. The van der Waals surface area contributed by atoms with Crippen LogP contribution in [0.15, 0.2) is 18.2 Å². The van der Waals surface area contributed by atoms with Gasteiger partial charge in [0, 0.05) is 17.8 Å². The lowest BCUT2D eigenvalue weighted by Gasteiger charge is -2.07. The lowest BCUT2D eigenvalue weighted by atomic mass is 10.1. The van der Waals surface area contributed by atoms with Gasteiger partial charge < -0.3 is 10.5 Å². The summed E-state index contributed by atoms with van der Waals surface area (Å²) in [4.78, 5) is 5.91. The molecule has 21 heavy (non-hydrogen) atoms. The summed E-state index contributed by atoms with van der Waals surface area (Å²) in [5, 5.41) is 1.11. The molecular weight excluding hydrogens is 280 g/mol. The smallest absolute Gasteiger partial charge is 0.119 e. The predicted molar refractivity (Wildman–Crippen MR) is 89.2 cm³/mol. The molecular formula is C17H24N2OS. The molecule has 0 saturated heterocycles. The van der Waals surface area contributed by atoms with Gasteiger partial charge in [-0.1, -0.05) is 19.9 Å². The normalized spacial score (nSPS) is 11.1. The van der Waals surface area contributed by atoms with Gasteiger partial charge in [0.2, 0.25) is 0 Å². The van der Waals surface area contributed by atoms with Crippen molar-refractivity contribution in [3.8, 4) is 5.75 Å². The van der Waals surface area contributed by atoms with Crippen LogP contribution >= 0.6 is 11.3 Å². The average Bonchev–Trinajstić information content (AvgIpc) is 2.81. The van der Waals surface area contributed by atoms with Gasteiger partial charge >= 0.3 is 0 Å². The van der Waals surface area contributed by atoms with Crippen molar-refractivity contribution in [2.24, 2.45) is 5.73 Å². The number of hydrogen-bond acceptors (Lipinski definition) is 4. The van der Waals surface area contributed by atoms with Crippen molar-refractivity contribution in [3.63, 3.8) is 0 Å². The first kappa shape index (κ1) is 16.0.